The molecule has 0 aliphatic carbocycles. The Kier molecular flexibility index (Phi) is 6.54. The third kappa shape index (κ3) is 5.35. The summed E-state index contributed by atoms with van der Waals surface area (Å²) in [5, 5.41) is 0. The number of aryl methyl sites for hydroxylation is 1. The SMILES string of the molecule is Cc1ccc2nc(COc3cccc(C(=O)N(C)CCC(N)C(C)C)c3)cn2c1. The number of carbonyl (C=O) groups is 1. The molecule has 0 saturated carbocycles. The molecule has 0 bridgehead atoms. The van der Waals surface area contributed by atoms with E-state index in [2.05, 4.69) is 18.8 Å². The van der Waals surface area contributed by atoms with Gasteiger partial charge in [0.05, 0.1) is 5.69 Å². The lowest BCUT2D eigenvalue weighted by Gasteiger charge is -2.21. The first-order valence-corrected chi connectivity index (χ1v) is 10.0. The molecule has 0 spiro atoms. The Morgan fingerprint density at radius 3 is 2.79 bits per heavy atom. The van der Waals surface area contributed by atoms with Gasteiger partial charge in [-0.25, -0.2) is 4.98 Å². The lowest BCUT2D eigenvalue weighted by Crippen LogP contribution is -2.34. The zero-order valence-corrected chi connectivity index (χ0v) is 17.6. The Morgan fingerprint density at radius 1 is 1.24 bits per heavy atom. The Balaban J connectivity index is 1.61. The van der Waals surface area contributed by atoms with Gasteiger partial charge in [0.15, 0.2) is 0 Å². The van der Waals surface area contributed by atoms with Crippen LogP contribution in [0.4, 0.5) is 0 Å². The summed E-state index contributed by atoms with van der Waals surface area (Å²) in [4.78, 5) is 19.0. The molecule has 0 aliphatic rings. The molecule has 29 heavy (non-hydrogen) atoms. The van der Waals surface area contributed by atoms with Gasteiger partial charge >= 0.3 is 0 Å². The van der Waals surface area contributed by atoms with E-state index in [-0.39, 0.29) is 11.9 Å². The van der Waals surface area contributed by atoms with Gasteiger partial charge in [-0.05, 0) is 49.1 Å². The van der Waals surface area contributed by atoms with Crippen molar-refractivity contribution in [3.63, 3.8) is 0 Å². The lowest BCUT2D eigenvalue weighted by atomic mass is 10.0. The van der Waals surface area contributed by atoms with E-state index in [1.54, 1.807) is 11.0 Å². The molecule has 3 rings (SSSR count). The first-order valence-electron chi connectivity index (χ1n) is 10.0. The number of nitrogens with zero attached hydrogens (tertiary/aromatic N) is 3. The number of fused-ring (bicyclic) bond motifs is 1. The minimum Gasteiger partial charge on any atom is -0.487 e. The number of rotatable bonds is 8. The zero-order valence-electron chi connectivity index (χ0n) is 17.6. The van der Waals surface area contributed by atoms with Crippen LogP contribution in [0.1, 0.15) is 41.9 Å². The predicted molar refractivity (Wildman–Crippen MR) is 115 cm³/mol. The fourth-order valence-corrected chi connectivity index (χ4v) is 3.10. The molecule has 6 nitrogen and oxygen atoms in total. The molecule has 0 saturated heterocycles. The number of hydrogen-bond acceptors (Lipinski definition) is 4. The summed E-state index contributed by atoms with van der Waals surface area (Å²) < 4.78 is 7.88. The maximum absolute atomic E-state index is 12.7. The number of pyridine rings is 1. The molecule has 3 aromatic rings. The summed E-state index contributed by atoms with van der Waals surface area (Å²) in [6.45, 7) is 7.21. The molecule has 2 N–H and O–H groups in total. The van der Waals surface area contributed by atoms with Crippen molar-refractivity contribution in [2.45, 2.75) is 39.8 Å². The first kappa shape index (κ1) is 20.9. The number of aromatic nitrogens is 2. The largest absolute Gasteiger partial charge is 0.487 e. The Hall–Kier alpha value is -2.86. The van der Waals surface area contributed by atoms with Crippen molar-refractivity contribution >= 4 is 11.6 Å². The fourth-order valence-electron chi connectivity index (χ4n) is 3.10. The van der Waals surface area contributed by atoms with Gasteiger partial charge in [0.1, 0.15) is 18.0 Å². The van der Waals surface area contributed by atoms with Crippen LogP contribution in [-0.2, 0) is 6.61 Å². The molecule has 1 amide bonds. The number of hydrogen-bond donors (Lipinski definition) is 1. The molecular weight excluding hydrogens is 364 g/mol. The number of imidazole rings is 1. The molecule has 0 radical (unpaired) electrons. The number of nitrogens with two attached hydrogens (primary N) is 1. The Bertz CT molecular complexity index is 980. The average molecular weight is 395 g/mol. The monoisotopic (exact) mass is 394 g/mol. The number of benzene rings is 1. The topological polar surface area (TPSA) is 72.9 Å². The van der Waals surface area contributed by atoms with Gasteiger partial charge in [-0.3, -0.25) is 4.79 Å². The van der Waals surface area contributed by atoms with Crippen LogP contribution in [0.2, 0.25) is 0 Å². The summed E-state index contributed by atoms with van der Waals surface area (Å²) in [5.74, 6) is 1.02. The van der Waals surface area contributed by atoms with E-state index in [4.69, 9.17) is 10.5 Å². The summed E-state index contributed by atoms with van der Waals surface area (Å²) in [6.07, 6.45) is 4.78. The molecular formula is C23H30N4O2. The van der Waals surface area contributed by atoms with E-state index in [9.17, 15) is 4.79 Å². The highest BCUT2D eigenvalue weighted by molar-refractivity contribution is 5.94. The molecule has 1 atom stereocenters. The van der Waals surface area contributed by atoms with Crippen molar-refractivity contribution < 1.29 is 9.53 Å². The second-order valence-corrected chi connectivity index (χ2v) is 7.94. The average Bonchev–Trinajstić information content (AvgIpc) is 3.11. The predicted octanol–water partition coefficient (Wildman–Crippen LogP) is 3.67. The molecule has 154 valence electrons. The molecule has 2 aromatic heterocycles. The van der Waals surface area contributed by atoms with Crippen LogP contribution in [0.15, 0.2) is 48.8 Å². The molecule has 1 aromatic carbocycles. The second kappa shape index (κ2) is 9.09. The van der Waals surface area contributed by atoms with Crippen molar-refractivity contribution in [3.05, 3.63) is 65.6 Å². The van der Waals surface area contributed by atoms with Gasteiger partial charge in [-0.2, -0.15) is 0 Å². The molecule has 1 unspecified atom stereocenters. The first-order chi connectivity index (χ1) is 13.8. The van der Waals surface area contributed by atoms with Crippen molar-refractivity contribution in [2.75, 3.05) is 13.6 Å². The van der Waals surface area contributed by atoms with Crippen LogP contribution >= 0.6 is 0 Å². The highest BCUT2D eigenvalue weighted by Crippen LogP contribution is 2.17. The highest BCUT2D eigenvalue weighted by atomic mass is 16.5. The van der Waals surface area contributed by atoms with Gasteiger partial charge < -0.3 is 19.8 Å². The number of carbonyl (C=O) groups excluding carboxylic acids is 1. The van der Waals surface area contributed by atoms with Gasteiger partial charge in [-0.15, -0.1) is 0 Å². The minimum atomic E-state index is -0.0328. The van der Waals surface area contributed by atoms with Crippen LogP contribution in [-0.4, -0.2) is 39.8 Å². The van der Waals surface area contributed by atoms with Crippen LogP contribution in [0.25, 0.3) is 5.65 Å². The Morgan fingerprint density at radius 2 is 2.03 bits per heavy atom. The maximum atomic E-state index is 12.7. The Labute approximate surface area is 172 Å². The third-order valence-corrected chi connectivity index (χ3v) is 5.12. The quantitative estimate of drug-likeness (QED) is 0.633. The summed E-state index contributed by atoms with van der Waals surface area (Å²) >= 11 is 0. The second-order valence-electron chi connectivity index (χ2n) is 7.94. The fraction of sp³-hybridized carbons (Fsp3) is 0.391. The third-order valence-electron chi connectivity index (χ3n) is 5.12. The maximum Gasteiger partial charge on any atom is 0.253 e. The normalized spacial score (nSPS) is 12.3. The van der Waals surface area contributed by atoms with E-state index < -0.39 is 0 Å². The van der Waals surface area contributed by atoms with Gasteiger partial charge in [-0.1, -0.05) is 26.0 Å². The van der Waals surface area contributed by atoms with Crippen molar-refractivity contribution in [2.24, 2.45) is 11.7 Å². The van der Waals surface area contributed by atoms with E-state index in [1.807, 2.05) is 61.1 Å². The number of amides is 1. The number of ether oxygens (including phenoxy) is 1. The van der Waals surface area contributed by atoms with Gasteiger partial charge in [0, 0.05) is 37.6 Å². The van der Waals surface area contributed by atoms with Crippen LogP contribution < -0.4 is 10.5 Å². The van der Waals surface area contributed by atoms with Crippen molar-refractivity contribution in [3.8, 4) is 5.75 Å². The molecule has 6 heteroatoms. The smallest absolute Gasteiger partial charge is 0.253 e. The van der Waals surface area contributed by atoms with E-state index >= 15 is 0 Å². The van der Waals surface area contributed by atoms with Crippen molar-refractivity contribution in [1.82, 2.24) is 14.3 Å². The summed E-state index contributed by atoms with van der Waals surface area (Å²) in [5.41, 5.74) is 9.60. The summed E-state index contributed by atoms with van der Waals surface area (Å²) in [6, 6.07) is 11.4. The van der Waals surface area contributed by atoms with Gasteiger partial charge in [0.25, 0.3) is 5.91 Å². The van der Waals surface area contributed by atoms with E-state index in [0.717, 1.165) is 17.8 Å². The highest BCUT2D eigenvalue weighted by Gasteiger charge is 2.15. The molecule has 0 aliphatic heterocycles. The van der Waals surface area contributed by atoms with Crippen LogP contribution in [0.5, 0.6) is 5.75 Å². The van der Waals surface area contributed by atoms with E-state index in [0.29, 0.717) is 30.4 Å². The summed E-state index contributed by atoms with van der Waals surface area (Å²) in [7, 11) is 1.81. The van der Waals surface area contributed by atoms with Crippen LogP contribution in [0.3, 0.4) is 0 Å². The molecule has 0 fully saturated rings. The zero-order chi connectivity index (χ0) is 21.0. The minimum absolute atomic E-state index is 0.0328. The van der Waals surface area contributed by atoms with E-state index in [1.165, 1.54) is 5.56 Å². The van der Waals surface area contributed by atoms with Crippen LogP contribution in [0, 0.1) is 12.8 Å². The van der Waals surface area contributed by atoms with Crippen molar-refractivity contribution in [1.29, 1.82) is 0 Å². The standard InChI is InChI=1S/C23H30N4O2/c1-16(2)21(24)10-11-26(4)23(28)18-6-5-7-20(12-18)29-15-19-14-27-13-17(3)8-9-22(27)25-19/h5-9,12-14,16,21H,10-11,15,24H2,1-4H3. The molecule has 2 heterocycles. The van der Waals surface area contributed by atoms with Gasteiger partial charge in [0.2, 0.25) is 0 Å². The lowest BCUT2D eigenvalue weighted by molar-refractivity contribution is 0.0788.